The number of Topliss-reactive ketones (excluding diaryl/α,β-unsaturated/α-hetero) is 1. The predicted molar refractivity (Wildman–Crippen MR) is 94.0 cm³/mol. The van der Waals surface area contributed by atoms with Crippen LogP contribution in [0.15, 0.2) is 65.1 Å². The number of carbonyl (C=O) groups is 1. The summed E-state index contributed by atoms with van der Waals surface area (Å²) in [7, 11) is 0. The molecule has 2 aromatic carbocycles. The lowest BCUT2D eigenvalue weighted by Gasteiger charge is -2.00. The fourth-order valence-corrected chi connectivity index (χ4v) is 2.43. The van der Waals surface area contributed by atoms with E-state index in [9.17, 15) is 14.4 Å². The Labute approximate surface area is 144 Å². The molecule has 0 saturated carbocycles. The van der Waals surface area contributed by atoms with Crippen LogP contribution in [0.2, 0.25) is 0 Å². The highest BCUT2D eigenvalue weighted by Crippen LogP contribution is 2.25. The second-order valence-electron chi connectivity index (χ2n) is 5.52. The molecule has 0 spiro atoms. The van der Waals surface area contributed by atoms with Gasteiger partial charge in [0.15, 0.2) is 5.78 Å². The van der Waals surface area contributed by atoms with Gasteiger partial charge in [0.25, 0.3) is 0 Å². The van der Waals surface area contributed by atoms with Gasteiger partial charge in [-0.1, -0.05) is 36.4 Å². The number of nitriles is 1. The second kappa shape index (κ2) is 6.98. The van der Waals surface area contributed by atoms with Crippen molar-refractivity contribution in [3.8, 4) is 17.4 Å². The third-order valence-corrected chi connectivity index (χ3v) is 3.75. The summed E-state index contributed by atoms with van der Waals surface area (Å²) in [5.74, 6) is 0.719. The number of carbonyl (C=O) groups excluding carboxylic acids is 1. The van der Waals surface area contributed by atoms with Crippen LogP contribution < -0.4 is 0 Å². The monoisotopic (exact) mass is 331 g/mol. The van der Waals surface area contributed by atoms with Gasteiger partial charge in [-0.2, -0.15) is 5.26 Å². The molecular weight excluding hydrogens is 317 g/mol. The minimum Gasteiger partial charge on any atom is -0.457 e. The van der Waals surface area contributed by atoms with Crippen LogP contribution in [-0.2, 0) is 0 Å². The summed E-state index contributed by atoms with van der Waals surface area (Å²) in [5.41, 5.74) is 2.26. The molecule has 25 heavy (non-hydrogen) atoms. The summed E-state index contributed by atoms with van der Waals surface area (Å²) in [6, 6.07) is 18.5. The van der Waals surface area contributed by atoms with Gasteiger partial charge in [0, 0.05) is 11.1 Å². The zero-order valence-electron chi connectivity index (χ0n) is 13.5. The van der Waals surface area contributed by atoms with Gasteiger partial charge in [0.1, 0.15) is 17.3 Å². The highest BCUT2D eigenvalue weighted by molar-refractivity contribution is 5.94. The van der Waals surface area contributed by atoms with Crippen LogP contribution in [0.1, 0.15) is 28.6 Å². The highest BCUT2D eigenvalue weighted by atomic mass is 19.1. The van der Waals surface area contributed by atoms with Crippen LogP contribution in [0.25, 0.3) is 23.0 Å². The van der Waals surface area contributed by atoms with Crippen molar-refractivity contribution in [2.45, 2.75) is 6.92 Å². The van der Waals surface area contributed by atoms with Crippen molar-refractivity contribution in [3.63, 3.8) is 0 Å². The molecule has 0 aliphatic heterocycles. The van der Waals surface area contributed by atoms with Gasteiger partial charge in [0.05, 0.1) is 11.6 Å². The molecule has 3 aromatic rings. The molecule has 0 radical (unpaired) electrons. The zero-order chi connectivity index (χ0) is 17.8. The molecule has 0 N–H and O–H groups in total. The minimum absolute atomic E-state index is 0.00312. The Morgan fingerprint density at radius 1 is 1.08 bits per heavy atom. The Bertz CT molecular complexity index is 991. The van der Waals surface area contributed by atoms with Crippen molar-refractivity contribution in [1.82, 2.24) is 0 Å². The van der Waals surface area contributed by atoms with Crippen molar-refractivity contribution < 1.29 is 13.6 Å². The molecule has 3 rings (SSSR count). The molecule has 0 fully saturated rings. The van der Waals surface area contributed by atoms with Gasteiger partial charge in [0.2, 0.25) is 0 Å². The molecule has 0 saturated heterocycles. The standard InChI is InChI=1S/C21H14FNO2/c1-14(24)15-5-7-16(8-6-15)21-10-9-20(25-21)12-18(13-23)17-3-2-4-19(22)11-17/h2-12H,1H3/b18-12-. The molecule has 122 valence electrons. The number of nitrogens with zero attached hydrogens (tertiary/aromatic N) is 1. The van der Waals surface area contributed by atoms with E-state index in [1.807, 2.05) is 0 Å². The van der Waals surface area contributed by atoms with Gasteiger partial charge < -0.3 is 4.42 Å². The van der Waals surface area contributed by atoms with E-state index < -0.39 is 5.82 Å². The van der Waals surface area contributed by atoms with E-state index in [0.29, 0.717) is 28.2 Å². The maximum atomic E-state index is 13.3. The van der Waals surface area contributed by atoms with Crippen LogP contribution in [0, 0.1) is 17.1 Å². The van der Waals surface area contributed by atoms with E-state index in [1.54, 1.807) is 54.6 Å². The molecule has 1 heterocycles. The average Bonchev–Trinajstić information content (AvgIpc) is 3.08. The first kappa shape index (κ1) is 16.4. The molecule has 0 atom stereocenters. The number of benzene rings is 2. The first-order valence-corrected chi connectivity index (χ1v) is 7.66. The zero-order valence-corrected chi connectivity index (χ0v) is 13.5. The highest BCUT2D eigenvalue weighted by Gasteiger charge is 2.07. The predicted octanol–water partition coefficient (Wildman–Crippen LogP) is 5.35. The number of allylic oxidation sites excluding steroid dienone is 1. The van der Waals surface area contributed by atoms with Crippen molar-refractivity contribution in [3.05, 3.63) is 83.4 Å². The molecule has 3 nitrogen and oxygen atoms in total. The van der Waals surface area contributed by atoms with Gasteiger partial charge in [-0.25, -0.2) is 4.39 Å². The lowest BCUT2D eigenvalue weighted by molar-refractivity contribution is 0.101. The maximum absolute atomic E-state index is 13.3. The molecule has 1 aromatic heterocycles. The van der Waals surface area contributed by atoms with Gasteiger partial charge in [-0.15, -0.1) is 0 Å². The number of halogens is 1. The Morgan fingerprint density at radius 3 is 2.48 bits per heavy atom. The van der Waals surface area contributed by atoms with Crippen LogP contribution in [-0.4, -0.2) is 5.78 Å². The van der Waals surface area contributed by atoms with Crippen LogP contribution >= 0.6 is 0 Å². The summed E-state index contributed by atoms with van der Waals surface area (Å²) in [4.78, 5) is 11.3. The molecule has 0 unspecified atom stereocenters. The molecule has 0 amide bonds. The molecule has 0 bridgehead atoms. The van der Waals surface area contributed by atoms with Gasteiger partial charge in [-0.3, -0.25) is 4.79 Å². The summed E-state index contributed by atoms with van der Waals surface area (Å²) >= 11 is 0. The summed E-state index contributed by atoms with van der Waals surface area (Å²) in [5, 5.41) is 9.32. The number of ketones is 1. The smallest absolute Gasteiger partial charge is 0.159 e. The number of furan rings is 1. The molecular formula is C21H14FNO2. The Hall–Kier alpha value is -3.45. The number of hydrogen-bond donors (Lipinski definition) is 0. The van der Waals surface area contributed by atoms with Crippen LogP contribution in [0.3, 0.4) is 0 Å². The Balaban J connectivity index is 1.90. The van der Waals surface area contributed by atoms with E-state index >= 15 is 0 Å². The van der Waals surface area contributed by atoms with Crippen LogP contribution in [0.5, 0.6) is 0 Å². The average molecular weight is 331 g/mol. The van der Waals surface area contributed by atoms with Crippen molar-refractivity contribution in [2.24, 2.45) is 0 Å². The topological polar surface area (TPSA) is 54.0 Å². The quantitative estimate of drug-likeness (QED) is 0.478. The largest absolute Gasteiger partial charge is 0.457 e. The lowest BCUT2D eigenvalue weighted by atomic mass is 10.1. The minimum atomic E-state index is -0.399. The molecule has 0 aliphatic rings. The van der Waals surface area contributed by atoms with Crippen LogP contribution in [0.4, 0.5) is 4.39 Å². The molecule has 4 heteroatoms. The van der Waals surface area contributed by atoms with E-state index in [0.717, 1.165) is 5.56 Å². The SMILES string of the molecule is CC(=O)c1ccc(-c2ccc(/C=C(/C#N)c3cccc(F)c3)o2)cc1. The summed E-state index contributed by atoms with van der Waals surface area (Å²) in [6.07, 6.45) is 1.57. The van der Waals surface area contributed by atoms with Gasteiger partial charge in [-0.05, 0) is 42.8 Å². The Morgan fingerprint density at radius 2 is 1.84 bits per heavy atom. The first-order chi connectivity index (χ1) is 12.1. The van der Waals surface area contributed by atoms with E-state index in [-0.39, 0.29) is 5.78 Å². The number of hydrogen-bond acceptors (Lipinski definition) is 3. The second-order valence-corrected chi connectivity index (χ2v) is 5.52. The van der Waals surface area contributed by atoms with Crippen molar-refractivity contribution in [2.75, 3.05) is 0 Å². The fourth-order valence-electron chi connectivity index (χ4n) is 2.43. The Kier molecular flexibility index (Phi) is 4.58. The van der Waals surface area contributed by atoms with Gasteiger partial charge >= 0.3 is 0 Å². The summed E-state index contributed by atoms with van der Waals surface area (Å²) in [6.45, 7) is 1.51. The van der Waals surface area contributed by atoms with Crippen molar-refractivity contribution in [1.29, 1.82) is 5.26 Å². The fraction of sp³-hybridized carbons (Fsp3) is 0.0476. The van der Waals surface area contributed by atoms with Crippen molar-refractivity contribution >= 4 is 17.4 Å². The normalized spacial score (nSPS) is 11.2. The third kappa shape index (κ3) is 3.73. The van der Waals surface area contributed by atoms with E-state index in [2.05, 4.69) is 6.07 Å². The third-order valence-electron chi connectivity index (χ3n) is 3.75. The lowest BCUT2D eigenvalue weighted by Crippen LogP contribution is -1.90. The first-order valence-electron chi connectivity index (χ1n) is 7.66. The number of rotatable bonds is 4. The summed E-state index contributed by atoms with van der Waals surface area (Å²) < 4.78 is 19.1. The molecule has 0 aliphatic carbocycles. The van der Waals surface area contributed by atoms with E-state index in [4.69, 9.17) is 4.42 Å². The van der Waals surface area contributed by atoms with E-state index in [1.165, 1.54) is 19.1 Å². The maximum Gasteiger partial charge on any atom is 0.159 e.